The van der Waals surface area contributed by atoms with Crippen LogP contribution in [0.15, 0.2) is 41.6 Å². The molecule has 20 heavy (non-hydrogen) atoms. The second-order valence-electron chi connectivity index (χ2n) is 3.91. The lowest BCUT2D eigenvalue weighted by molar-refractivity contribution is -0.387. The minimum Gasteiger partial charge on any atom is -0.367 e. The summed E-state index contributed by atoms with van der Waals surface area (Å²) in [5.74, 6) is -1.19. The smallest absolute Gasteiger partial charge is 0.304 e. The molecule has 0 saturated heterocycles. The van der Waals surface area contributed by atoms with E-state index < -0.39 is 26.5 Å². The molecule has 0 fully saturated rings. The number of aromatic nitrogens is 1. The Labute approximate surface area is 113 Å². The van der Waals surface area contributed by atoms with Crippen LogP contribution in [0.25, 0.3) is 0 Å². The summed E-state index contributed by atoms with van der Waals surface area (Å²) in [5, 5.41) is 10.5. The number of nitrogens with one attached hydrogen (secondary N) is 2. The molecule has 2 N–H and O–H groups in total. The summed E-state index contributed by atoms with van der Waals surface area (Å²) >= 11 is 0. The fourth-order valence-electron chi connectivity index (χ4n) is 1.53. The average Bonchev–Trinajstić information content (AvgIpc) is 2.89. The van der Waals surface area contributed by atoms with Gasteiger partial charge >= 0.3 is 5.69 Å². The van der Waals surface area contributed by atoms with Crippen LogP contribution >= 0.6 is 0 Å². The second kappa shape index (κ2) is 5.39. The zero-order valence-electron chi connectivity index (χ0n) is 10.0. The first-order valence-corrected chi connectivity index (χ1v) is 6.94. The van der Waals surface area contributed by atoms with Gasteiger partial charge in [0.2, 0.25) is 15.8 Å². The molecular weight excluding hydrogens is 289 g/mol. The fourth-order valence-corrected chi connectivity index (χ4v) is 2.56. The molecule has 106 valence electrons. The van der Waals surface area contributed by atoms with E-state index >= 15 is 0 Å². The Kier molecular flexibility index (Phi) is 3.81. The summed E-state index contributed by atoms with van der Waals surface area (Å²) in [6.45, 7) is 0.0322. The van der Waals surface area contributed by atoms with Gasteiger partial charge in [0.15, 0.2) is 0 Å². The van der Waals surface area contributed by atoms with Crippen molar-refractivity contribution in [1.29, 1.82) is 0 Å². The van der Waals surface area contributed by atoms with Crippen LogP contribution in [0.5, 0.6) is 0 Å². The molecule has 0 radical (unpaired) electrons. The number of aromatic amines is 1. The minimum atomic E-state index is -3.93. The Bertz CT molecular complexity index is 728. The van der Waals surface area contributed by atoms with Crippen LogP contribution in [0.3, 0.4) is 0 Å². The van der Waals surface area contributed by atoms with Gasteiger partial charge < -0.3 is 4.98 Å². The minimum absolute atomic E-state index is 0.0322. The first kappa shape index (κ1) is 14.2. The number of sulfonamides is 1. The highest BCUT2D eigenvalue weighted by Crippen LogP contribution is 2.20. The molecule has 0 aliphatic carbocycles. The Balaban J connectivity index is 2.21. The van der Waals surface area contributed by atoms with Crippen LogP contribution in [0.1, 0.15) is 5.56 Å². The molecule has 1 aromatic carbocycles. The number of nitro benzene ring substituents is 1. The van der Waals surface area contributed by atoms with Gasteiger partial charge in [0.05, 0.1) is 9.82 Å². The molecule has 2 aromatic rings. The van der Waals surface area contributed by atoms with Crippen LogP contribution in [0.4, 0.5) is 10.1 Å². The molecule has 0 saturated carbocycles. The maximum Gasteiger partial charge on any atom is 0.304 e. The molecule has 9 heteroatoms. The van der Waals surface area contributed by atoms with Gasteiger partial charge in [-0.15, -0.1) is 0 Å². The highest BCUT2D eigenvalue weighted by Gasteiger charge is 2.20. The topological polar surface area (TPSA) is 105 Å². The van der Waals surface area contributed by atoms with E-state index in [2.05, 4.69) is 9.71 Å². The Morgan fingerprint density at radius 1 is 1.35 bits per heavy atom. The molecule has 1 heterocycles. The Hall–Kier alpha value is -2.26. The molecule has 0 unspecified atom stereocenters. The van der Waals surface area contributed by atoms with Crippen LogP contribution in [-0.4, -0.2) is 18.3 Å². The highest BCUT2D eigenvalue weighted by molar-refractivity contribution is 7.89. The largest absolute Gasteiger partial charge is 0.367 e. The lowest BCUT2D eigenvalue weighted by Crippen LogP contribution is -2.23. The van der Waals surface area contributed by atoms with E-state index in [1.807, 2.05) is 0 Å². The summed E-state index contributed by atoms with van der Waals surface area (Å²) < 4.78 is 39.5. The summed E-state index contributed by atoms with van der Waals surface area (Å²) in [6, 6.07) is 4.11. The molecule has 0 aliphatic heterocycles. The monoisotopic (exact) mass is 299 g/mol. The zero-order chi connectivity index (χ0) is 14.8. The van der Waals surface area contributed by atoms with Gasteiger partial charge in [0.25, 0.3) is 0 Å². The first-order valence-electron chi connectivity index (χ1n) is 5.45. The van der Waals surface area contributed by atoms with Crippen molar-refractivity contribution in [2.24, 2.45) is 0 Å². The molecule has 1 aromatic heterocycles. The summed E-state index contributed by atoms with van der Waals surface area (Å²) in [6.07, 6.45) is 3.24. The first-order chi connectivity index (χ1) is 9.40. The maximum absolute atomic E-state index is 13.4. The number of nitro groups is 1. The Morgan fingerprint density at radius 2 is 2.10 bits per heavy atom. The highest BCUT2D eigenvalue weighted by atomic mass is 32.2. The van der Waals surface area contributed by atoms with Gasteiger partial charge in [0.1, 0.15) is 0 Å². The number of nitrogens with zero attached hydrogens (tertiary/aromatic N) is 1. The van der Waals surface area contributed by atoms with Crippen LogP contribution in [0, 0.1) is 15.9 Å². The second-order valence-corrected chi connectivity index (χ2v) is 5.68. The molecule has 0 amide bonds. The Morgan fingerprint density at radius 3 is 2.65 bits per heavy atom. The summed E-state index contributed by atoms with van der Waals surface area (Å²) in [5.41, 5.74) is -0.0643. The van der Waals surface area contributed by atoms with Crippen molar-refractivity contribution in [2.45, 2.75) is 11.4 Å². The van der Waals surface area contributed by atoms with Gasteiger partial charge in [-0.05, 0) is 17.7 Å². The van der Waals surface area contributed by atoms with Gasteiger partial charge in [-0.3, -0.25) is 10.1 Å². The van der Waals surface area contributed by atoms with Gasteiger partial charge in [0, 0.05) is 31.1 Å². The van der Waals surface area contributed by atoms with Crippen molar-refractivity contribution < 1.29 is 17.7 Å². The van der Waals surface area contributed by atoms with E-state index in [4.69, 9.17) is 0 Å². The predicted octanol–water partition coefficient (Wildman–Crippen LogP) is 1.54. The van der Waals surface area contributed by atoms with Crippen molar-refractivity contribution in [2.75, 3.05) is 0 Å². The third kappa shape index (κ3) is 3.00. The van der Waals surface area contributed by atoms with Crippen molar-refractivity contribution in [1.82, 2.24) is 9.71 Å². The number of H-pyrrole nitrogens is 1. The lowest BCUT2D eigenvalue weighted by atomic mass is 10.3. The summed E-state index contributed by atoms with van der Waals surface area (Å²) in [7, 11) is -3.93. The third-order valence-corrected chi connectivity index (χ3v) is 3.95. The molecule has 2 rings (SSSR count). The van der Waals surface area contributed by atoms with Crippen molar-refractivity contribution in [3.05, 3.63) is 58.2 Å². The number of rotatable bonds is 5. The van der Waals surface area contributed by atoms with E-state index in [9.17, 15) is 22.9 Å². The number of benzene rings is 1. The van der Waals surface area contributed by atoms with E-state index in [0.29, 0.717) is 11.6 Å². The van der Waals surface area contributed by atoms with Gasteiger partial charge in [-0.25, -0.2) is 13.1 Å². The van der Waals surface area contributed by atoms with E-state index in [1.165, 1.54) is 0 Å². The molecule has 0 spiro atoms. The van der Waals surface area contributed by atoms with Gasteiger partial charge in [-0.2, -0.15) is 4.39 Å². The van der Waals surface area contributed by atoms with Crippen molar-refractivity contribution >= 4 is 15.7 Å². The summed E-state index contributed by atoms with van der Waals surface area (Å²) in [4.78, 5) is 11.9. The quantitative estimate of drug-likeness (QED) is 0.645. The molecule has 7 nitrogen and oxygen atoms in total. The van der Waals surface area contributed by atoms with E-state index in [-0.39, 0.29) is 11.4 Å². The van der Waals surface area contributed by atoms with Crippen LogP contribution in [-0.2, 0) is 16.6 Å². The number of hydrogen-bond acceptors (Lipinski definition) is 4. The zero-order valence-corrected chi connectivity index (χ0v) is 10.9. The average molecular weight is 299 g/mol. The van der Waals surface area contributed by atoms with Gasteiger partial charge in [-0.1, -0.05) is 0 Å². The van der Waals surface area contributed by atoms with Crippen LogP contribution < -0.4 is 4.72 Å². The third-order valence-electron chi connectivity index (χ3n) is 2.55. The SMILES string of the molecule is O=[N+]([O-])c1ccc(S(=O)(=O)NCc2cc[nH]c2)cc1F. The van der Waals surface area contributed by atoms with Crippen molar-refractivity contribution in [3.63, 3.8) is 0 Å². The fraction of sp³-hybridized carbons (Fsp3) is 0.0909. The maximum atomic E-state index is 13.4. The molecule has 0 bridgehead atoms. The normalized spacial score (nSPS) is 11.4. The predicted molar refractivity (Wildman–Crippen MR) is 67.9 cm³/mol. The lowest BCUT2D eigenvalue weighted by Gasteiger charge is -2.06. The molecule has 0 atom stereocenters. The van der Waals surface area contributed by atoms with Crippen molar-refractivity contribution in [3.8, 4) is 0 Å². The molecule has 0 aliphatic rings. The molecular formula is C11H10FN3O4S. The number of hydrogen-bond donors (Lipinski definition) is 2. The standard InChI is InChI=1S/C11H10FN3O4S/c12-10-5-9(1-2-11(10)15(16)17)20(18,19)14-7-8-3-4-13-6-8/h1-6,13-14H,7H2. The van der Waals surface area contributed by atoms with E-state index in [1.54, 1.807) is 18.5 Å². The number of halogens is 1. The van der Waals surface area contributed by atoms with E-state index in [0.717, 1.165) is 12.1 Å². The van der Waals surface area contributed by atoms with Crippen LogP contribution in [0.2, 0.25) is 0 Å².